The van der Waals surface area contributed by atoms with Gasteiger partial charge in [-0.2, -0.15) is 0 Å². The highest BCUT2D eigenvalue weighted by molar-refractivity contribution is 7.90. The molecule has 0 bridgehead atoms. The first-order valence-corrected chi connectivity index (χ1v) is 8.80. The van der Waals surface area contributed by atoms with Crippen LogP contribution in [0.2, 0.25) is 0 Å². The summed E-state index contributed by atoms with van der Waals surface area (Å²) < 4.78 is 30.7. The Labute approximate surface area is 126 Å². The van der Waals surface area contributed by atoms with Gasteiger partial charge in [0.05, 0.1) is 5.75 Å². The zero-order chi connectivity index (χ0) is 16.3. The number of methoxy groups -OCH3 is 1. The number of sulfonamides is 1. The van der Waals surface area contributed by atoms with Gasteiger partial charge in [-0.25, -0.2) is 8.42 Å². The lowest BCUT2D eigenvalue weighted by Gasteiger charge is -2.49. The molecular formula is C14H25NO5S. The molecule has 1 rings (SSSR count). The summed E-state index contributed by atoms with van der Waals surface area (Å²) in [6.07, 6.45) is 1.50. The van der Waals surface area contributed by atoms with Gasteiger partial charge in [0.25, 0.3) is 0 Å². The number of carbonyl (C=O) groups excluding carboxylic acids is 2. The largest absolute Gasteiger partial charge is 0.385 e. The topological polar surface area (TPSA) is 89.5 Å². The molecule has 0 aromatic rings. The van der Waals surface area contributed by atoms with E-state index in [4.69, 9.17) is 4.74 Å². The van der Waals surface area contributed by atoms with Gasteiger partial charge in [-0.15, -0.1) is 0 Å². The summed E-state index contributed by atoms with van der Waals surface area (Å²) in [5.74, 6) is -1.14. The fourth-order valence-electron chi connectivity index (χ4n) is 2.87. The summed E-state index contributed by atoms with van der Waals surface area (Å²) in [6.45, 7) is 5.67. The SMILES string of the molecule is COCCCCS(=O)(=O)NC(=O)[C@H]1C[C@@H](C(C)=O)C1(C)C. The third kappa shape index (κ3) is 4.51. The van der Waals surface area contributed by atoms with Crippen molar-refractivity contribution in [2.45, 2.75) is 40.0 Å². The van der Waals surface area contributed by atoms with E-state index in [1.165, 1.54) is 6.92 Å². The first kappa shape index (κ1) is 18.1. The predicted molar refractivity (Wildman–Crippen MR) is 79.1 cm³/mol. The van der Waals surface area contributed by atoms with Crippen LogP contribution in [0.3, 0.4) is 0 Å². The van der Waals surface area contributed by atoms with Gasteiger partial charge in [0.2, 0.25) is 15.9 Å². The van der Waals surface area contributed by atoms with Crippen LogP contribution < -0.4 is 4.72 Å². The van der Waals surface area contributed by atoms with E-state index < -0.39 is 27.3 Å². The van der Waals surface area contributed by atoms with Crippen LogP contribution in [-0.2, 0) is 24.3 Å². The second-order valence-corrected chi connectivity index (χ2v) is 8.10. The Bertz CT molecular complexity index is 497. The number of carbonyl (C=O) groups is 2. The van der Waals surface area contributed by atoms with Gasteiger partial charge in [0.1, 0.15) is 5.78 Å². The molecule has 122 valence electrons. The Morgan fingerprint density at radius 1 is 1.24 bits per heavy atom. The van der Waals surface area contributed by atoms with Gasteiger partial charge in [-0.1, -0.05) is 13.8 Å². The number of amides is 1. The smallest absolute Gasteiger partial charge is 0.237 e. The number of ketones is 1. The Balaban J connectivity index is 2.52. The van der Waals surface area contributed by atoms with E-state index in [1.807, 2.05) is 13.8 Å². The third-order valence-electron chi connectivity index (χ3n) is 4.34. The minimum atomic E-state index is -3.61. The van der Waals surface area contributed by atoms with E-state index in [9.17, 15) is 18.0 Å². The third-order valence-corrected chi connectivity index (χ3v) is 5.68. The molecular weight excluding hydrogens is 294 g/mol. The summed E-state index contributed by atoms with van der Waals surface area (Å²) in [4.78, 5) is 23.5. The lowest BCUT2D eigenvalue weighted by molar-refractivity contribution is -0.147. The Morgan fingerprint density at radius 3 is 2.33 bits per heavy atom. The van der Waals surface area contributed by atoms with Crippen LogP contribution in [0.15, 0.2) is 0 Å². The monoisotopic (exact) mass is 319 g/mol. The zero-order valence-electron chi connectivity index (χ0n) is 13.1. The van der Waals surface area contributed by atoms with Crippen molar-refractivity contribution in [3.63, 3.8) is 0 Å². The second-order valence-electron chi connectivity index (χ2n) is 6.26. The molecule has 1 saturated carbocycles. The van der Waals surface area contributed by atoms with E-state index in [1.54, 1.807) is 7.11 Å². The van der Waals surface area contributed by atoms with Crippen molar-refractivity contribution < 1.29 is 22.7 Å². The number of hydrogen-bond acceptors (Lipinski definition) is 5. The minimum absolute atomic E-state index is 0.0477. The van der Waals surface area contributed by atoms with Gasteiger partial charge in [-0.05, 0) is 31.6 Å². The van der Waals surface area contributed by atoms with Crippen molar-refractivity contribution in [1.82, 2.24) is 4.72 Å². The van der Waals surface area contributed by atoms with Gasteiger partial charge >= 0.3 is 0 Å². The number of ether oxygens (including phenoxy) is 1. The molecule has 0 aromatic heterocycles. The van der Waals surface area contributed by atoms with E-state index in [0.717, 1.165) is 0 Å². The maximum absolute atomic E-state index is 12.1. The van der Waals surface area contributed by atoms with Gasteiger partial charge in [0, 0.05) is 25.6 Å². The normalized spacial score (nSPS) is 24.2. The standard InChI is InChI=1S/C14H25NO5S/c1-10(16)11-9-12(14(11,2)3)13(17)15-21(18,19)8-6-5-7-20-4/h11-12H,5-9H2,1-4H3,(H,15,17)/t11-,12+/m0/s1. The first-order chi connectivity index (χ1) is 9.62. The van der Waals surface area contributed by atoms with Crippen LogP contribution in [0.4, 0.5) is 0 Å². The van der Waals surface area contributed by atoms with Crippen LogP contribution in [0, 0.1) is 17.3 Å². The molecule has 6 nitrogen and oxygen atoms in total. The van der Waals surface area contributed by atoms with Crippen LogP contribution in [-0.4, -0.2) is 39.6 Å². The fraction of sp³-hybridized carbons (Fsp3) is 0.857. The molecule has 21 heavy (non-hydrogen) atoms. The van der Waals surface area contributed by atoms with E-state index in [0.29, 0.717) is 25.9 Å². The van der Waals surface area contributed by atoms with E-state index >= 15 is 0 Å². The van der Waals surface area contributed by atoms with Crippen LogP contribution in [0.25, 0.3) is 0 Å². The van der Waals surface area contributed by atoms with Gasteiger partial charge < -0.3 is 4.74 Å². The molecule has 0 saturated heterocycles. The van der Waals surface area contributed by atoms with Gasteiger partial charge in [-0.3, -0.25) is 14.3 Å². The van der Waals surface area contributed by atoms with E-state index in [2.05, 4.69) is 4.72 Å². The summed E-state index contributed by atoms with van der Waals surface area (Å²) >= 11 is 0. The van der Waals surface area contributed by atoms with Crippen LogP contribution >= 0.6 is 0 Å². The Kier molecular flexibility index (Phi) is 5.92. The molecule has 2 atom stereocenters. The lowest BCUT2D eigenvalue weighted by Crippen LogP contribution is -2.55. The zero-order valence-corrected chi connectivity index (χ0v) is 14.0. The van der Waals surface area contributed by atoms with Crippen molar-refractivity contribution in [2.75, 3.05) is 19.5 Å². The molecule has 1 fully saturated rings. The van der Waals surface area contributed by atoms with Crippen molar-refractivity contribution >= 4 is 21.7 Å². The number of nitrogens with one attached hydrogen (secondary N) is 1. The molecule has 0 unspecified atom stereocenters. The molecule has 7 heteroatoms. The predicted octanol–water partition coefficient (Wildman–Crippen LogP) is 1.11. The molecule has 1 aliphatic carbocycles. The quantitative estimate of drug-likeness (QED) is 0.677. The van der Waals surface area contributed by atoms with Crippen LogP contribution in [0.1, 0.15) is 40.0 Å². The fourth-order valence-corrected chi connectivity index (χ4v) is 4.01. The molecule has 0 aromatic carbocycles. The minimum Gasteiger partial charge on any atom is -0.385 e. The van der Waals surface area contributed by atoms with Crippen molar-refractivity contribution in [1.29, 1.82) is 0 Å². The Hall–Kier alpha value is -0.950. The maximum Gasteiger partial charge on any atom is 0.237 e. The Morgan fingerprint density at radius 2 is 1.86 bits per heavy atom. The number of Topliss-reactive ketones (excluding diaryl/α,β-unsaturated/α-hetero) is 1. The molecule has 0 aliphatic heterocycles. The van der Waals surface area contributed by atoms with E-state index in [-0.39, 0.29) is 17.5 Å². The molecule has 0 heterocycles. The highest BCUT2D eigenvalue weighted by atomic mass is 32.2. The second kappa shape index (κ2) is 6.87. The van der Waals surface area contributed by atoms with Crippen molar-refractivity contribution in [3.8, 4) is 0 Å². The van der Waals surface area contributed by atoms with Crippen molar-refractivity contribution in [3.05, 3.63) is 0 Å². The molecule has 0 radical (unpaired) electrons. The molecule has 1 N–H and O–H groups in total. The number of rotatable bonds is 8. The van der Waals surface area contributed by atoms with Crippen LogP contribution in [0.5, 0.6) is 0 Å². The summed E-state index contributed by atoms with van der Waals surface area (Å²) in [6, 6.07) is 0. The maximum atomic E-state index is 12.1. The first-order valence-electron chi connectivity index (χ1n) is 7.15. The summed E-state index contributed by atoms with van der Waals surface area (Å²) in [5.41, 5.74) is -0.485. The number of unbranched alkanes of at least 4 members (excludes halogenated alkanes) is 1. The highest BCUT2D eigenvalue weighted by Crippen LogP contribution is 2.51. The average molecular weight is 319 g/mol. The molecule has 0 spiro atoms. The number of hydrogen-bond donors (Lipinski definition) is 1. The lowest BCUT2D eigenvalue weighted by atomic mass is 9.53. The average Bonchev–Trinajstić information content (AvgIpc) is 2.32. The summed E-state index contributed by atoms with van der Waals surface area (Å²) in [7, 11) is -2.05. The molecule has 1 aliphatic rings. The van der Waals surface area contributed by atoms with Crippen molar-refractivity contribution in [2.24, 2.45) is 17.3 Å². The molecule has 1 amide bonds. The van der Waals surface area contributed by atoms with Gasteiger partial charge in [0.15, 0.2) is 0 Å². The highest BCUT2D eigenvalue weighted by Gasteiger charge is 2.54. The summed E-state index contributed by atoms with van der Waals surface area (Å²) in [5, 5.41) is 0.